The van der Waals surface area contributed by atoms with Crippen LogP contribution >= 0.6 is 46.8 Å². The Kier molecular flexibility index (Phi) is 7.22. The van der Waals surface area contributed by atoms with Crippen molar-refractivity contribution < 1.29 is 8.42 Å². The standard InChI is InChI=1S/C8H11Cl3N2O2S2/c1-5(2)17(14,15)13(6(3)4-12)16-8(11)7(9)10/h5-6H,1-3H3. The van der Waals surface area contributed by atoms with Crippen molar-refractivity contribution in [3.05, 3.63) is 8.86 Å². The summed E-state index contributed by atoms with van der Waals surface area (Å²) in [6, 6.07) is 0.948. The smallest absolute Gasteiger partial charge is 0.211 e. The highest BCUT2D eigenvalue weighted by molar-refractivity contribution is 8.12. The molecule has 0 aliphatic rings. The molecule has 0 aliphatic heterocycles. The summed E-state index contributed by atoms with van der Waals surface area (Å²) < 4.78 is 24.5. The van der Waals surface area contributed by atoms with E-state index in [2.05, 4.69) is 0 Å². The molecule has 0 fully saturated rings. The third kappa shape index (κ3) is 4.86. The maximum Gasteiger partial charge on any atom is 0.227 e. The molecule has 4 nitrogen and oxygen atoms in total. The second-order valence-electron chi connectivity index (χ2n) is 3.28. The van der Waals surface area contributed by atoms with E-state index in [4.69, 9.17) is 40.1 Å². The summed E-state index contributed by atoms with van der Waals surface area (Å²) in [4.78, 5) is 0. The lowest BCUT2D eigenvalue weighted by Gasteiger charge is -2.24. The van der Waals surface area contributed by atoms with Crippen LogP contribution in [-0.4, -0.2) is 23.4 Å². The first-order chi connectivity index (χ1) is 7.64. The van der Waals surface area contributed by atoms with Crippen LogP contribution in [0.25, 0.3) is 0 Å². The zero-order valence-corrected chi connectivity index (χ0v) is 13.2. The van der Waals surface area contributed by atoms with Crippen molar-refractivity contribution in [3.8, 4) is 6.07 Å². The van der Waals surface area contributed by atoms with Gasteiger partial charge in [0.1, 0.15) is 14.9 Å². The van der Waals surface area contributed by atoms with Crippen molar-refractivity contribution >= 4 is 56.8 Å². The molecule has 98 valence electrons. The summed E-state index contributed by atoms with van der Waals surface area (Å²) in [7, 11) is -3.64. The summed E-state index contributed by atoms with van der Waals surface area (Å²) in [6.07, 6.45) is 0. The Bertz CT molecular complexity index is 438. The van der Waals surface area contributed by atoms with Gasteiger partial charge in [-0.2, -0.15) is 5.26 Å². The zero-order chi connectivity index (χ0) is 13.8. The number of halogens is 3. The van der Waals surface area contributed by atoms with Crippen LogP contribution in [0.15, 0.2) is 8.86 Å². The Balaban J connectivity index is 5.35. The molecule has 0 aromatic heterocycles. The van der Waals surface area contributed by atoms with Gasteiger partial charge >= 0.3 is 0 Å². The van der Waals surface area contributed by atoms with Crippen LogP contribution in [-0.2, 0) is 10.0 Å². The molecule has 1 unspecified atom stereocenters. The average molecular weight is 338 g/mol. The quantitative estimate of drug-likeness (QED) is 0.721. The van der Waals surface area contributed by atoms with Crippen molar-refractivity contribution in [2.45, 2.75) is 32.1 Å². The summed E-state index contributed by atoms with van der Waals surface area (Å²) >= 11 is 17.2. The van der Waals surface area contributed by atoms with Gasteiger partial charge in [0.05, 0.1) is 11.3 Å². The van der Waals surface area contributed by atoms with E-state index in [1.54, 1.807) is 0 Å². The van der Waals surface area contributed by atoms with E-state index in [1.807, 2.05) is 6.07 Å². The van der Waals surface area contributed by atoms with Gasteiger partial charge in [-0.05, 0) is 32.7 Å². The molecule has 17 heavy (non-hydrogen) atoms. The van der Waals surface area contributed by atoms with Crippen molar-refractivity contribution in [2.75, 3.05) is 0 Å². The van der Waals surface area contributed by atoms with E-state index in [0.717, 1.165) is 3.71 Å². The van der Waals surface area contributed by atoms with E-state index in [0.29, 0.717) is 11.9 Å². The van der Waals surface area contributed by atoms with Gasteiger partial charge in [-0.1, -0.05) is 34.8 Å². The Morgan fingerprint density at radius 1 is 1.29 bits per heavy atom. The number of hydrogen-bond donors (Lipinski definition) is 0. The van der Waals surface area contributed by atoms with Gasteiger partial charge in [0, 0.05) is 0 Å². The third-order valence-corrected chi connectivity index (χ3v) is 6.58. The molecule has 0 spiro atoms. The monoisotopic (exact) mass is 336 g/mol. The fourth-order valence-electron chi connectivity index (χ4n) is 0.720. The molecular weight excluding hydrogens is 327 g/mol. The molecule has 1 atom stereocenters. The molecule has 9 heteroatoms. The largest absolute Gasteiger partial charge is 0.227 e. The fourth-order valence-corrected chi connectivity index (χ4v) is 3.76. The van der Waals surface area contributed by atoms with E-state index >= 15 is 0 Å². The lowest BCUT2D eigenvalue weighted by atomic mass is 10.4. The molecule has 0 rings (SSSR count). The van der Waals surface area contributed by atoms with Gasteiger partial charge in [0.2, 0.25) is 10.0 Å². The molecular formula is C8H11Cl3N2O2S2. The van der Waals surface area contributed by atoms with Crippen molar-refractivity contribution in [3.63, 3.8) is 0 Å². The SMILES string of the molecule is CC(C#N)N(SC(Cl)=C(Cl)Cl)S(=O)(=O)C(C)C. The Morgan fingerprint density at radius 3 is 2.06 bits per heavy atom. The van der Waals surface area contributed by atoms with Gasteiger partial charge < -0.3 is 0 Å². The van der Waals surface area contributed by atoms with Crippen molar-refractivity contribution in [1.82, 2.24) is 3.71 Å². The van der Waals surface area contributed by atoms with E-state index in [1.165, 1.54) is 20.8 Å². The summed E-state index contributed by atoms with van der Waals surface area (Å²) in [5.74, 6) is 0. The fraction of sp³-hybridized carbons (Fsp3) is 0.625. The molecule has 0 aliphatic carbocycles. The van der Waals surface area contributed by atoms with Crippen molar-refractivity contribution in [1.29, 1.82) is 5.26 Å². The predicted octanol–water partition coefficient (Wildman–Crippen LogP) is 3.43. The number of nitriles is 1. The topological polar surface area (TPSA) is 61.2 Å². The Morgan fingerprint density at radius 2 is 1.76 bits per heavy atom. The predicted molar refractivity (Wildman–Crippen MR) is 73.1 cm³/mol. The minimum Gasteiger partial charge on any atom is -0.211 e. The number of rotatable bonds is 5. The number of sulfonamides is 1. The Hall–Kier alpha value is 0.360. The zero-order valence-electron chi connectivity index (χ0n) is 9.32. The maximum absolute atomic E-state index is 12.0. The van der Waals surface area contributed by atoms with Crippen LogP contribution in [0.5, 0.6) is 0 Å². The van der Waals surface area contributed by atoms with Crippen molar-refractivity contribution in [2.24, 2.45) is 0 Å². The molecule has 0 saturated heterocycles. The summed E-state index contributed by atoms with van der Waals surface area (Å²) in [5.41, 5.74) is 0. The minimum atomic E-state index is -3.64. The number of nitrogens with zero attached hydrogens (tertiary/aromatic N) is 2. The average Bonchev–Trinajstić information content (AvgIpc) is 2.23. The second kappa shape index (κ2) is 7.07. The molecule has 0 saturated carbocycles. The van der Waals surface area contributed by atoms with Crippen LogP contribution < -0.4 is 0 Å². The Labute approximate surface area is 121 Å². The first-order valence-electron chi connectivity index (χ1n) is 4.46. The number of hydrogen-bond acceptors (Lipinski definition) is 4. The van der Waals surface area contributed by atoms with Crippen LogP contribution in [0.1, 0.15) is 20.8 Å². The lowest BCUT2D eigenvalue weighted by molar-refractivity contribution is 0.517. The third-order valence-electron chi connectivity index (χ3n) is 1.67. The van der Waals surface area contributed by atoms with E-state index in [-0.39, 0.29) is 8.86 Å². The van der Waals surface area contributed by atoms with E-state index < -0.39 is 21.3 Å². The molecule has 0 heterocycles. The highest BCUT2D eigenvalue weighted by atomic mass is 35.5. The first-order valence-corrected chi connectivity index (χ1v) is 7.87. The highest BCUT2D eigenvalue weighted by Gasteiger charge is 2.32. The van der Waals surface area contributed by atoms with Crippen LogP contribution in [0.4, 0.5) is 0 Å². The second-order valence-corrected chi connectivity index (χ2v) is 8.41. The molecule has 0 N–H and O–H groups in total. The van der Waals surface area contributed by atoms with Crippen LogP contribution in [0, 0.1) is 11.3 Å². The summed E-state index contributed by atoms with van der Waals surface area (Å²) in [6.45, 7) is 4.46. The molecule has 0 aromatic carbocycles. The van der Waals surface area contributed by atoms with E-state index in [9.17, 15) is 8.42 Å². The maximum atomic E-state index is 12.0. The van der Waals surface area contributed by atoms with Crippen LogP contribution in [0.2, 0.25) is 0 Å². The normalized spacial score (nSPS) is 13.6. The first kappa shape index (κ1) is 17.4. The molecule has 0 amide bonds. The van der Waals surface area contributed by atoms with Gasteiger partial charge in [-0.25, -0.2) is 8.42 Å². The molecule has 0 radical (unpaired) electrons. The highest BCUT2D eigenvalue weighted by Crippen LogP contribution is 2.35. The molecule has 0 aromatic rings. The van der Waals surface area contributed by atoms with Crippen LogP contribution in [0.3, 0.4) is 0 Å². The lowest BCUT2D eigenvalue weighted by Crippen LogP contribution is -2.36. The van der Waals surface area contributed by atoms with Gasteiger partial charge in [-0.15, -0.1) is 3.71 Å². The summed E-state index contributed by atoms with van der Waals surface area (Å²) in [5, 5.41) is 8.13. The van der Waals surface area contributed by atoms with Gasteiger partial charge in [0.25, 0.3) is 0 Å². The minimum absolute atomic E-state index is 0.0975. The van der Waals surface area contributed by atoms with Gasteiger partial charge in [-0.3, -0.25) is 0 Å². The van der Waals surface area contributed by atoms with Gasteiger partial charge in [0.15, 0.2) is 0 Å². The molecule has 0 bridgehead atoms.